The molecule has 3 heterocycles. The third kappa shape index (κ3) is 10.2. The number of aliphatic imine (C=N–C) groups is 1. The largest absolute Gasteiger partial charge is 0.504 e. The Morgan fingerprint density at radius 1 is 1.08 bits per heavy atom. The van der Waals surface area contributed by atoms with Crippen LogP contribution < -0.4 is 35.3 Å². The van der Waals surface area contributed by atoms with E-state index in [1.54, 1.807) is 0 Å². The van der Waals surface area contributed by atoms with Crippen LogP contribution >= 0.6 is 0 Å². The Balaban J connectivity index is 1.36. The van der Waals surface area contributed by atoms with E-state index in [-0.39, 0.29) is 77.7 Å². The number of aliphatic hydroxyl groups excluding tert-OH is 3. The lowest BCUT2D eigenvalue weighted by Crippen LogP contribution is -2.69. The quantitative estimate of drug-likeness (QED) is 0.0345. The number of nitrogens with zero attached hydrogens (tertiary/aromatic N) is 1. The van der Waals surface area contributed by atoms with Gasteiger partial charge in [0.15, 0.2) is 41.8 Å². The lowest BCUT2D eigenvalue weighted by Gasteiger charge is -2.48. The third-order valence-electron chi connectivity index (χ3n) is 12.0. The van der Waals surface area contributed by atoms with Gasteiger partial charge in [-0.25, -0.2) is 9.59 Å². The highest BCUT2D eigenvalue weighted by atomic mass is 16.7. The molecule has 19 heteroatoms. The molecule has 352 valence electrons. The number of carboxylic acids is 1. The highest BCUT2D eigenvalue weighted by molar-refractivity contribution is 5.97. The van der Waals surface area contributed by atoms with Gasteiger partial charge < -0.3 is 80.5 Å². The van der Waals surface area contributed by atoms with Crippen molar-refractivity contribution in [1.29, 1.82) is 0 Å². The van der Waals surface area contributed by atoms with Crippen LogP contribution in [0.3, 0.4) is 0 Å². The number of carbonyl (C=O) groups excluding carboxylic acids is 1. The number of esters is 1. The SMILES string of the molecule is CCc1cccc(CCOc2c(O)c(OC)cc(C(=O)OC(O)C3OC4Oc5c(OCNC(N)=NC)cc(C(=O)O)c6c5CC(C#CCC(O)(C4O)C3O)C(CC(C)C)C(C)N6)c2O)c1. The van der Waals surface area contributed by atoms with Crippen molar-refractivity contribution in [2.24, 2.45) is 28.5 Å². The lowest BCUT2D eigenvalue weighted by atomic mass is 9.78. The van der Waals surface area contributed by atoms with Gasteiger partial charge in [-0.2, -0.15) is 0 Å². The molecule has 0 aliphatic carbocycles. The van der Waals surface area contributed by atoms with Crippen molar-refractivity contribution in [2.75, 3.05) is 32.8 Å². The zero-order valence-corrected chi connectivity index (χ0v) is 37.0. The van der Waals surface area contributed by atoms with E-state index in [2.05, 4.69) is 27.5 Å². The molecule has 0 spiro atoms. The first kappa shape index (κ1) is 48.3. The number of hydrogen-bond donors (Lipinski definition) is 10. The zero-order valence-electron chi connectivity index (χ0n) is 37.0. The lowest BCUT2D eigenvalue weighted by molar-refractivity contribution is -0.337. The van der Waals surface area contributed by atoms with Crippen LogP contribution in [-0.2, 0) is 28.7 Å². The molecule has 3 aliphatic heterocycles. The average molecular weight is 907 g/mol. The van der Waals surface area contributed by atoms with Crippen LogP contribution in [0.4, 0.5) is 5.69 Å². The number of methoxy groups -OCH3 is 1. The monoisotopic (exact) mass is 906 g/mol. The molecule has 6 rings (SSSR count). The van der Waals surface area contributed by atoms with Crippen LogP contribution in [0.15, 0.2) is 41.4 Å². The van der Waals surface area contributed by atoms with Crippen LogP contribution in [0.5, 0.6) is 34.5 Å². The number of benzene rings is 3. The van der Waals surface area contributed by atoms with Crippen LogP contribution in [-0.4, -0.2) is 124 Å². The molecular weight excluding hydrogens is 849 g/mol. The Kier molecular flexibility index (Phi) is 15.1. The Hall–Kier alpha value is -6.17. The van der Waals surface area contributed by atoms with Crippen LogP contribution in [0, 0.1) is 29.6 Å². The van der Waals surface area contributed by atoms with Crippen LogP contribution in [0.1, 0.15) is 77.9 Å². The van der Waals surface area contributed by atoms with Gasteiger partial charge in [0, 0.05) is 49.5 Å². The number of nitrogens with one attached hydrogen (secondary N) is 2. The molecule has 3 aromatic carbocycles. The van der Waals surface area contributed by atoms with Crippen molar-refractivity contribution in [2.45, 2.75) is 102 Å². The van der Waals surface area contributed by atoms with Gasteiger partial charge in [-0.05, 0) is 49.1 Å². The summed E-state index contributed by atoms with van der Waals surface area (Å²) in [5.41, 5.74) is 4.92. The number of phenolic OH excluding ortho intramolecular Hbond substituents is 2. The molecule has 65 heavy (non-hydrogen) atoms. The number of aliphatic hydroxyl groups is 4. The maximum Gasteiger partial charge on any atom is 0.344 e. The summed E-state index contributed by atoms with van der Waals surface area (Å²) >= 11 is 0. The van der Waals surface area contributed by atoms with Gasteiger partial charge >= 0.3 is 11.9 Å². The Labute approximate surface area is 376 Å². The number of ether oxygens (including phenoxy) is 6. The second-order valence-corrected chi connectivity index (χ2v) is 16.7. The minimum absolute atomic E-state index is 0.00161. The number of guanidine groups is 1. The molecule has 0 amide bonds. The predicted molar refractivity (Wildman–Crippen MR) is 234 cm³/mol. The molecular formula is C46H58N4O15. The topological polar surface area (TPSA) is 294 Å². The van der Waals surface area contributed by atoms with Crippen LogP contribution in [0.2, 0.25) is 0 Å². The van der Waals surface area contributed by atoms with Crippen LogP contribution in [0.25, 0.3) is 0 Å². The maximum absolute atomic E-state index is 13.8. The number of fused-ring (bicyclic) bond motifs is 3. The first-order valence-electron chi connectivity index (χ1n) is 21.3. The van der Waals surface area contributed by atoms with Gasteiger partial charge in [0.2, 0.25) is 24.1 Å². The number of rotatable bonds is 15. The number of nitrogens with two attached hydrogens (primary N) is 1. The smallest absolute Gasteiger partial charge is 0.344 e. The van der Waals surface area contributed by atoms with Gasteiger partial charge in [-0.1, -0.05) is 56.9 Å². The van der Waals surface area contributed by atoms with E-state index in [9.17, 15) is 45.3 Å². The molecule has 1 saturated heterocycles. The van der Waals surface area contributed by atoms with Crippen molar-refractivity contribution >= 4 is 23.6 Å². The summed E-state index contributed by atoms with van der Waals surface area (Å²) in [6.07, 6.45) is -9.37. The number of aryl methyl sites for hydroxylation is 1. The van der Waals surface area contributed by atoms with E-state index in [0.717, 1.165) is 23.6 Å². The molecule has 3 aliphatic rings. The number of carbonyl (C=O) groups is 2. The number of carboxylic acid groups (broad SMARTS) is 1. The van der Waals surface area contributed by atoms with Crippen molar-refractivity contribution in [3.8, 4) is 46.3 Å². The molecule has 9 atom stereocenters. The van der Waals surface area contributed by atoms with E-state index >= 15 is 0 Å². The number of anilines is 1. The van der Waals surface area contributed by atoms with Crippen molar-refractivity contribution in [3.05, 3.63) is 64.2 Å². The zero-order chi connectivity index (χ0) is 47.3. The van der Waals surface area contributed by atoms with E-state index < -0.39 is 83.6 Å². The fraction of sp³-hybridized carbons (Fsp3) is 0.500. The van der Waals surface area contributed by atoms with Gasteiger partial charge in [0.1, 0.15) is 23.4 Å². The molecule has 1 fully saturated rings. The second kappa shape index (κ2) is 20.3. The molecule has 11 N–H and O–H groups in total. The summed E-state index contributed by atoms with van der Waals surface area (Å²) in [5.74, 6) is 0.438. The summed E-state index contributed by atoms with van der Waals surface area (Å²) in [6, 6.07) is 9.60. The van der Waals surface area contributed by atoms with Gasteiger partial charge in [-0.15, -0.1) is 0 Å². The Bertz CT molecular complexity index is 2330. The van der Waals surface area contributed by atoms with E-state index in [4.69, 9.17) is 34.2 Å². The number of aromatic hydroxyl groups is 2. The molecule has 19 nitrogen and oxygen atoms in total. The summed E-state index contributed by atoms with van der Waals surface area (Å²) in [7, 11) is 2.64. The van der Waals surface area contributed by atoms with E-state index in [0.29, 0.717) is 12.8 Å². The average Bonchev–Trinajstić information content (AvgIpc) is 3.40. The highest BCUT2D eigenvalue weighted by Crippen LogP contribution is 2.49. The van der Waals surface area contributed by atoms with Crippen molar-refractivity contribution < 1.29 is 73.8 Å². The first-order chi connectivity index (χ1) is 30.9. The number of phenols is 2. The number of hydrogen-bond acceptors (Lipinski definition) is 16. The minimum atomic E-state index is -2.61. The van der Waals surface area contributed by atoms with Crippen molar-refractivity contribution in [3.63, 3.8) is 0 Å². The maximum atomic E-state index is 13.8. The summed E-state index contributed by atoms with van der Waals surface area (Å²) in [4.78, 5) is 30.4. The molecule has 0 aromatic heterocycles. The molecule has 3 aromatic rings. The molecule has 0 radical (unpaired) electrons. The summed E-state index contributed by atoms with van der Waals surface area (Å²) < 4.78 is 34.6. The summed E-state index contributed by atoms with van der Waals surface area (Å²) in [6.45, 7) is 7.65. The Morgan fingerprint density at radius 3 is 2.48 bits per heavy atom. The molecule has 4 bridgehead atoms. The third-order valence-corrected chi connectivity index (χ3v) is 12.0. The predicted octanol–water partition coefficient (Wildman–Crippen LogP) is 2.63. The fourth-order valence-corrected chi connectivity index (χ4v) is 8.39. The second-order valence-electron chi connectivity index (χ2n) is 16.7. The Morgan fingerprint density at radius 2 is 1.80 bits per heavy atom. The minimum Gasteiger partial charge on any atom is -0.504 e. The van der Waals surface area contributed by atoms with Gasteiger partial charge in [-0.3, -0.25) is 4.99 Å². The molecule has 9 unspecified atom stereocenters. The molecule has 0 saturated carbocycles. The van der Waals surface area contributed by atoms with Crippen molar-refractivity contribution in [1.82, 2.24) is 5.32 Å². The first-order valence-corrected chi connectivity index (χ1v) is 21.3. The standard InChI is InChI=1S/C46H58N4O15/c1-7-24-10-8-11-25(17-24)13-15-61-37-34(51)30(20-31(60-6)35(37)52)42(57)65-43(58)38-39(53)46(59)14-9-12-26-18-28-33(50-23(4)27(26)16-22(2)3)29(41(55)56)19-32(62-21-49-45(47)48-5)36(28)63-44(64-38)40(46)54/h8,10-11,17,19-20,22-23,26-27,38-40,43-44,50-54,58-59H,7,13-16,18,21H2,1-6H3,(H,55,56)(H3,47,48,49). The summed E-state index contributed by atoms with van der Waals surface area (Å²) in [5, 5.41) is 85.8. The van der Waals surface area contributed by atoms with E-state index in [1.165, 1.54) is 20.2 Å². The number of aromatic carboxylic acids is 1. The van der Waals surface area contributed by atoms with Gasteiger partial charge in [0.25, 0.3) is 0 Å². The highest BCUT2D eigenvalue weighted by Gasteiger charge is 2.59. The normalized spacial score (nSPS) is 25.3. The van der Waals surface area contributed by atoms with Gasteiger partial charge in [0.05, 0.1) is 25.0 Å². The van der Waals surface area contributed by atoms with E-state index in [1.807, 2.05) is 52.0 Å². The fourth-order valence-electron chi connectivity index (χ4n) is 8.39.